The van der Waals surface area contributed by atoms with Crippen LogP contribution in [0.5, 0.6) is 0 Å². The molecule has 1 amide bonds. The maximum Gasteiger partial charge on any atom is 0.255 e. The molecule has 0 aliphatic heterocycles. The summed E-state index contributed by atoms with van der Waals surface area (Å²) in [6, 6.07) is 22.6. The summed E-state index contributed by atoms with van der Waals surface area (Å²) in [6.07, 6.45) is 0. The second-order valence-corrected chi connectivity index (χ2v) is 8.65. The molecule has 4 rings (SSSR count). The van der Waals surface area contributed by atoms with Gasteiger partial charge in [-0.3, -0.25) is 4.79 Å². The second-order valence-electron chi connectivity index (χ2n) is 6.87. The first kappa shape index (κ1) is 21.4. The van der Waals surface area contributed by atoms with Gasteiger partial charge in [0.1, 0.15) is 0 Å². The molecule has 0 spiro atoms. The number of carbonyl (C=O) groups excluding carboxylic acids is 1. The number of aryl methyl sites for hydroxylation is 1. The van der Waals surface area contributed by atoms with Gasteiger partial charge in [0.2, 0.25) is 5.28 Å². The highest BCUT2D eigenvalue weighted by Crippen LogP contribution is 2.33. The zero-order valence-electron chi connectivity index (χ0n) is 16.5. The zero-order valence-corrected chi connectivity index (χ0v) is 18.9. The molecule has 1 N–H and O–H groups in total. The molecule has 0 radical (unpaired) electrons. The van der Waals surface area contributed by atoms with Crippen molar-refractivity contribution in [2.75, 3.05) is 5.32 Å². The van der Waals surface area contributed by atoms with Crippen LogP contribution in [-0.2, 0) is 6.54 Å². The lowest BCUT2D eigenvalue weighted by Crippen LogP contribution is -2.12. The summed E-state index contributed by atoms with van der Waals surface area (Å²) in [4.78, 5) is 17.9. The normalized spacial score (nSPS) is 10.8. The van der Waals surface area contributed by atoms with Gasteiger partial charge in [-0.15, -0.1) is 5.10 Å². The minimum atomic E-state index is -0.241. The van der Waals surface area contributed by atoms with Crippen LogP contribution in [-0.4, -0.2) is 20.7 Å². The van der Waals surface area contributed by atoms with Crippen LogP contribution < -0.4 is 5.32 Å². The van der Waals surface area contributed by atoms with Crippen LogP contribution in [0.2, 0.25) is 10.3 Å². The number of amides is 1. The van der Waals surface area contributed by atoms with Crippen LogP contribution in [0, 0.1) is 6.92 Å². The van der Waals surface area contributed by atoms with E-state index in [1.54, 1.807) is 28.9 Å². The van der Waals surface area contributed by atoms with Crippen molar-refractivity contribution in [2.45, 2.75) is 23.5 Å². The van der Waals surface area contributed by atoms with E-state index in [0.717, 1.165) is 10.5 Å². The zero-order chi connectivity index (χ0) is 21.8. The summed E-state index contributed by atoms with van der Waals surface area (Å²) in [5.41, 5.74) is 3.44. The number of anilines is 1. The molecule has 0 aliphatic carbocycles. The van der Waals surface area contributed by atoms with Crippen LogP contribution >= 0.6 is 35.0 Å². The number of nitrogens with zero attached hydrogens (tertiary/aromatic N) is 3. The summed E-state index contributed by atoms with van der Waals surface area (Å²) in [5.74, 6) is -0.241. The smallest absolute Gasteiger partial charge is 0.255 e. The molecule has 31 heavy (non-hydrogen) atoms. The summed E-state index contributed by atoms with van der Waals surface area (Å²) in [5, 5.41) is 8.59. The molecule has 5 nitrogen and oxygen atoms in total. The van der Waals surface area contributed by atoms with Gasteiger partial charge in [-0.1, -0.05) is 59.6 Å². The lowest BCUT2D eigenvalue weighted by molar-refractivity contribution is 0.102. The van der Waals surface area contributed by atoms with Crippen molar-refractivity contribution in [1.29, 1.82) is 0 Å². The highest BCUT2D eigenvalue weighted by molar-refractivity contribution is 7.99. The Labute approximate surface area is 194 Å². The molecule has 0 fully saturated rings. The monoisotopic (exact) mass is 468 g/mol. The highest BCUT2D eigenvalue weighted by atomic mass is 35.5. The van der Waals surface area contributed by atoms with Crippen molar-refractivity contribution in [2.24, 2.45) is 0 Å². The van der Waals surface area contributed by atoms with Gasteiger partial charge >= 0.3 is 0 Å². The number of halogens is 2. The Morgan fingerprint density at radius 1 is 1.03 bits per heavy atom. The number of carbonyl (C=O) groups is 1. The molecule has 0 saturated carbocycles. The Bertz CT molecular complexity index is 1220. The van der Waals surface area contributed by atoms with E-state index in [-0.39, 0.29) is 11.2 Å². The number of hydrogen-bond acceptors (Lipinski definition) is 4. The van der Waals surface area contributed by atoms with Gasteiger partial charge in [0.25, 0.3) is 5.91 Å². The van der Waals surface area contributed by atoms with Crippen molar-refractivity contribution in [1.82, 2.24) is 14.8 Å². The summed E-state index contributed by atoms with van der Waals surface area (Å²) >= 11 is 13.5. The van der Waals surface area contributed by atoms with Gasteiger partial charge in [-0.05, 0) is 66.2 Å². The molecule has 0 unspecified atom stereocenters. The molecule has 156 valence electrons. The van der Waals surface area contributed by atoms with Gasteiger partial charge < -0.3 is 5.32 Å². The van der Waals surface area contributed by atoms with Crippen LogP contribution in [0.15, 0.2) is 82.8 Å². The van der Waals surface area contributed by atoms with Crippen molar-refractivity contribution in [3.63, 3.8) is 0 Å². The summed E-state index contributed by atoms with van der Waals surface area (Å²) in [7, 11) is 0. The fourth-order valence-electron chi connectivity index (χ4n) is 2.93. The van der Waals surface area contributed by atoms with E-state index in [2.05, 4.69) is 39.7 Å². The maximum absolute atomic E-state index is 12.7. The maximum atomic E-state index is 12.7. The Kier molecular flexibility index (Phi) is 6.61. The van der Waals surface area contributed by atoms with Gasteiger partial charge in [0.05, 0.1) is 12.2 Å². The third-order valence-corrected chi connectivity index (χ3v) is 5.94. The largest absolute Gasteiger partial charge is 0.321 e. The molecule has 4 aromatic rings. The van der Waals surface area contributed by atoms with Crippen molar-refractivity contribution < 1.29 is 4.79 Å². The predicted molar refractivity (Wildman–Crippen MR) is 125 cm³/mol. The summed E-state index contributed by atoms with van der Waals surface area (Å²) in [6.45, 7) is 2.59. The van der Waals surface area contributed by atoms with E-state index < -0.39 is 0 Å². The number of para-hydroxylation sites is 1. The SMILES string of the molecule is Cc1ccc(Cn2nc(Cl)nc2Sc2ccccc2NC(=O)c2cccc(Cl)c2)cc1. The van der Waals surface area contributed by atoms with Gasteiger partial charge in [-0.25, -0.2) is 4.68 Å². The third kappa shape index (κ3) is 5.47. The molecule has 1 heterocycles. The number of hydrogen-bond donors (Lipinski definition) is 1. The Morgan fingerprint density at radius 2 is 1.81 bits per heavy atom. The van der Waals surface area contributed by atoms with Crippen LogP contribution in [0.1, 0.15) is 21.5 Å². The van der Waals surface area contributed by atoms with Crippen molar-refractivity contribution >= 4 is 46.6 Å². The van der Waals surface area contributed by atoms with E-state index in [9.17, 15) is 4.79 Å². The van der Waals surface area contributed by atoms with E-state index in [4.69, 9.17) is 23.2 Å². The molecular weight excluding hydrogens is 451 g/mol. The average molecular weight is 469 g/mol. The van der Waals surface area contributed by atoms with Gasteiger partial charge in [0, 0.05) is 15.5 Å². The van der Waals surface area contributed by atoms with Crippen molar-refractivity contribution in [3.05, 3.63) is 99.8 Å². The number of benzene rings is 3. The highest BCUT2D eigenvalue weighted by Gasteiger charge is 2.15. The molecule has 3 aromatic carbocycles. The lowest BCUT2D eigenvalue weighted by Gasteiger charge is -2.11. The van der Waals surface area contributed by atoms with Crippen LogP contribution in [0.3, 0.4) is 0 Å². The molecule has 0 aliphatic rings. The first-order valence-corrected chi connectivity index (χ1v) is 11.0. The first-order valence-electron chi connectivity index (χ1n) is 9.47. The van der Waals surface area contributed by atoms with Gasteiger partial charge in [0.15, 0.2) is 5.16 Å². The molecule has 0 saturated heterocycles. The van der Waals surface area contributed by atoms with Crippen molar-refractivity contribution in [3.8, 4) is 0 Å². The summed E-state index contributed by atoms with van der Waals surface area (Å²) < 4.78 is 1.76. The number of rotatable bonds is 6. The Balaban J connectivity index is 1.57. The number of aromatic nitrogens is 3. The fourth-order valence-corrected chi connectivity index (χ4v) is 4.25. The first-order chi connectivity index (χ1) is 15.0. The second kappa shape index (κ2) is 9.56. The Hall–Kier alpha value is -2.80. The van der Waals surface area contributed by atoms with E-state index >= 15 is 0 Å². The fraction of sp³-hybridized carbons (Fsp3) is 0.0870. The minimum absolute atomic E-state index is 0.176. The van der Waals surface area contributed by atoms with E-state index in [1.165, 1.54) is 17.3 Å². The lowest BCUT2D eigenvalue weighted by atomic mass is 10.1. The van der Waals surface area contributed by atoms with Crippen LogP contribution in [0.4, 0.5) is 5.69 Å². The molecule has 8 heteroatoms. The Morgan fingerprint density at radius 3 is 2.58 bits per heavy atom. The van der Waals surface area contributed by atoms with E-state index in [0.29, 0.717) is 28.0 Å². The standard InChI is InChI=1S/C23H18Cl2N4OS/c1-15-9-11-16(12-10-15)14-29-23(27-22(25)28-29)31-20-8-3-2-7-19(20)26-21(30)17-5-4-6-18(24)13-17/h2-13H,14H2,1H3,(H,26,30). The predicted octanol–water partition coefficient (Wildman–Crippen LogP) is 6.35. The molecule has 0 atom stereocenters. The third-order valence-electron chi connectivity index (χ3n) is 4.49. The quantitative estimate of drug-likeness (QED) is 0.358. The van der Waals surface area contributed by atoms with Crippen LogP contribution in [0.25, 0.3) is 0 Å². The minimum Gasteiger partial charge on any atom is -0.321 e. The topological polar surface area (TPSA) is 59.8 Å². The molecule has 0 bridgehead atoms. The van der Waals surface area contributed by atoms with E-state index in [1.807, 2.05) is 31.2 Å². The molecule has 1 aromatic heterocycles. The average Bonchev–Trinajstić information content (AvgIpc) is 3.09. The van der Waals surface area contributed by atoms with Gasteiger partial charge in [-0.2, -0.15) is 4.98 Å². The molecular formula is C23H18Cl2N4OS. The number of nitrogens with one attached hydrogen (secondary N) is 1.